The van der Waals surface area contributed by atoms with E-state index in [0.717, 1.165) is 29.4 Å². The van der Waals surface area contributed by atoms with Crippen LogP contribution < -0.4 is 5.32 Å². The van der Waals surface area contributed by atoms with E-state index in [-0.39, 0.29) is 5.91 Å². The van der Waals surface area contributed by atoms with Gasteiger partial charge in [-0.05, 0) is 30.0 Å². The second kappa shape index (κ2) is 8.54. The molecule has 0 saturated carbocycles. The third-order valence-corrected chi connectivity index (χ3v) is 3.65. The second-order valence-corrected chi connectivity index (χ2v) is 5.66. The first-order valence-corrected chi connectivity index (χ1v) is 7.55. The minimum atomic E-state index is 0.0705. The zero-order valence-corrected chi connectivity index (χ0v) is 12.9. The average Bonchev–Trinajstić information content (AvgIpc) is 2.34. The van der Waals surface area contributed by atoms with Crippen LogP contribution in [0.15, 0.2) is 28.7 Å². The van der Waals surface area contributed by atoms with Crippen molar-refractivity contribution in [1.29, 1.82) is 0 Å². The Balaban J connectivity index is 2.37. The fourth-order valence-electron chi connectivity index (χ4n) is 1.76. The lowest BCUT2D eigenvalue weighted by Crippen LogP contribution is -2.30. The number of halogens is 2. The van der Waals surface area contributed by atoms with Gasteiger partial charge in [-0.1, -0.05) is 41.4 Å². The van der Waals surface area contributed by atoms with Gasteiger partial charge in [0, 0.05) is 16.9 Å². The van der Waals surface area contributed by atoms with Crippen molar-refractivity contribution in [1.82, 2.24) is 5.32 Å². The maximum atomic E-state index is 11.8. The van der Waals surface area contributed by atoms with E-state index in [9.17, 15) is 4.79 Å². The molecule has 0 aromatic heterocycles. The lowest BCUT2D eigenvalue weighted by Gasteiger charge is -2.14. The van der Waals surface area contributed by atoms with Crippen LogP contribution in [0.4, 0.5) is 0 Å². The van der Waals surface area contributed by atoms with Crippen LogP contribution in [-0.4, -0.2) is 18.3 Å². The van der Waals surface area contributed by atoms with Gasteiger partial charge in [0.2, 0.25) is 5.91 Å². The first-order chi connectivity index (χ1) is 8.65. The van der Waals surface area contributed by atoms with Crippen molar-refractivity contribution in [3.8, 4) is 0 Å². The van der Waals surface area contributed by atoms with Crippen molar-refractivity contribution in [3.63, 3.8) is 0 Å². The van der Waals surface area contributed by atoms with Crippen molar-refractivity contribution in [2.24, 2.45) is 5.92 Å². The standard InChI is InChI=1S/C14H19BrClNO/c1-2-11(6-7-16)10-17-14(18)9-12-4-3-5-13(15)8-12/h3-5,8,11H,2,6-7,9-10H2,1H3,(H,17,18). The number of nitrogens with one attached hydrogen (secondary N) is 1. The Morgan fingerprint density at radius 2 is 2.28 bits per heavy atom. The highest BCUT2D eigenvalue weighted by molar-refractivity contribution is 9.10. The summed E-state index contributed by atoms with van der Waals surface area (Å²) in [6, 6.07) is 7.82. The van der Waals surface area contributed by atoms with E-state index in [1.165, 1.54) is 0 Å². The topological polar surface area (TPSA) is 29.1 Å². The Bertz CT molecular complexity index is 384. The minimum Gasteiger partial charge on any atom is -0.356 e. The maximum absolute atomic E-state index is 11.8. The Morgan fingerprint density at radius 3 is 2.89 bits per heavy atom. The van der Waals surface area contributed by atoms with Crippen LogP contribution >= 0.6 is 27.5 Å². The number of rotatable bonds is 7. The molecule has 1 unspecified atom stereocenters. The summed E-state index contributed by atoms with van der Waals surface area (Å²) >= 11 is 9.12. The molecular formula is C14H19BrClNO. The van der Waals surface area contributed by atoms with Crippen LogP contribution in [0.1, 0.15) is 25.3 Å². The van der Waals surface area contributed by atoms with Crippen LogP contribution in [0.5, 0.6) is 0 Å². The molecule has 0 bridgehead atoms. The molecule has 1 aromatic rings. The van der Waals surface area contributed by atoms with Gasteiger partial charge in [0.25, 0.3) is 0 Å². The molecule has 0 aliphatic heterocycles. The summed E-state index contributed by atoms with van der Waals surface area (Å²) in [7, 11) is 0. The molecule has 1 aromatic carbocycles. The first kappa shape index (κ1) is 15.5. The molecule has 0 aliphatic carbocycles. The summed E-state index contributed by atoms with van der Waals surface area (Å²) in [5, 5.41) is 2.97. The summed E-state index contributed by atoms with van der Waals surface area (Å²) in [5.74, 6) is 1.20. The molecule has 0 radical (unpaired) electrons. The molecule has 1 N–H and O–H groups in total. The molecule has 1 rings (SSSR count). The van der Waals surface area contributed by atoms with Crippen LogP contribution in [0.2, 0.25) is 0 Å². The van der Waals surface area contributed by atoms with Gasteiger partial charge in [0.15, 0.2) is 0 Å². The molecule has 1 atom stereocenters. The third-order valence-electron chi connectivity index (χ3n) is 2.94. The Hall–Kier alpha value is -0.540. The van der Waals surface area contributed by atoms with Crippen LogP contribution in [-0.2, 0) is 11.2 Å². The molecule has 0 fully saturated rings. The molecule has 0 heterocycles. The van der Waals surface area contributed by atoms with Crippen molar-refractivity contribution >= 4 is 33.4 Å². The predicted molar refractivity (Wildman–Crippen MR) is 80.0 cm³/mol. The minimum absolute atomic E-state index is 0.0705. The monoisotopic (exact) mass is 331 g/mol. The normalized spacial score (nSPS) is 12.2. The van der Waals surface area contributed by atoms with E-state index in [1.54, 1.807) is 0 Å². The number of hydrogen-bond donors (Lipinski definition) is 1. The zero-order valence-electron chi connectivity index (χ0n) is 10.6. The molecular weight excluding hydrogens is 314 g/mol. The van der Waals surface area contributed by atoms with E-state index >= 15 is 0 Å². The van der Waals surface area contributed by atoms with Gasteiger partial charge < -0.3 is 5.32 Å². The SMILES string of the molecule is CCC(CCCl)CNC(=O)Cc1cccc(Br)c1. The molecule has 0 saturated heterocycles. The number of amides is 1. The van der Waals surface area contributed by atoms with Gasteiger partial charge in [0.05, 0.1) is 6.42 Å². The fourth-order valence-corrected chi connectivity index (χ4v) is 2.51. The molecule has 0 aliphatic rings. The summed E-state index contributed by atoms with van der Waals surface area (Å²) in [5.41, 5.74) is 1.02. The first-order valence-electron chi connectivity index (χ1n) is 6.22. The lowest BCUT2D eigenvalue weighted by atomic mass is 10.0. The van der Waals surface area contributed by atoms with Gasteiger partial charge in [0.1, 0.15) is 0 Å². The highest BCUT2D eigenvalue weighted by atomic mass is 79.9. The largest absolute Gasteiger partial charge is 0.356 e. The van der Waals surface area contributed by atoms with E-state index in [4.69, 9.17) is 11.6 Å². The molecule has 4 heteroatoms. The van der Waals surface area contributed by atoms with Gasteiger partial charge >= 0.3 is 0 Å². The zero-order chi connectivity index (χ0) is 13.4. The maximum Gasteiger partial charge on any atom is 0.224 e. The van der Waals surface area contributed by atoms with Crippen LogP contribution in [0.3, 0.4) is 0 Å². The Kier molecular flexibility index (Phi) is 7.36. The fraction of sp³-hybridized carbons (Fsp3) is 0.500. The van der Waals surface area contributed by atoms with Crippen LogP contribution in [0, 0.1) is 5.92 Å². The summed E-state index contributed by atoms with van der Waals surface area (Å²) < 4.78 is 1.00. The van der Waals surface area contributed by atoms with Crippen molar-refractivity contribution in [2.75, 3.05) is 12.4 Å². The lowest BCUT2D eigenvalue weighted by molar-refractivity contribution is -0.120. The third kappa shape index (κ3) is 5.87. The number of benzene rings is 1. The molecule has 100 valence electrons. The predicted octanol–water partition coefficient (Wildman–Crippen LogP) is 3.76. The average molecular weight is 333 g/mol. The quantitative estimate of drug-likeness (QED) is 0.757. The number of hydrogen-bond acceptors (Lipinski definition) is 1. The number of carbonyl (C=O) groups is 1. The van der Waals surface area contributed by atoms with E-state index in [1.807, 2.05) is 24.3 Å². The molecule has 0 spiro atoms. The van der Waals surface area contributed by atoms with Gasteiger partial charge in [-0.25, -0.2) is 0 Å². The van der Waals surface area contributed by atoms with E-state index in [2.05, 4.69) is 28.2 Å². The molecule has 2 nitrogen and oxygen atoms in total. The summed E-state index contributed by atoms with van der Waals surface area (Å²) in [6.07, 6.45) is 2.43. The van der Waals surface area contributed by atoms with Gasteiger partial charge in [-0.2, -0.15) is 0 Å². The molecule has 18 heavy (non-hydrogen) atoms. The highest BCUT2D eigenvalue weighted by Crippen LogP contribution is 2.12. The smallest absolute Gasteiger partial charge is 0.224 e. The summed E-state index contributed by atoms with van der Waals surface area (Å²) in [6.45, 7) is 2.84. The van der Waals surface area contributed by atoms with E-state index in [0.29, 0.717) is 18.2 Å². The van der Waals surface area contributed by atoms with Crippen LogP contribution in [0.25, 0.3) is 0 Å². The Labute approximate surface area is 122 Å². The van der Waals surface area contributed by atoms with Crippen molar-refractivity contribution in [2.45, 2.75) is 26.2 Å². The van der Waals surface area contributed by atoms with Crippen molar-refractivity contribution < 1.29 is 4.79 Å². The van der Waals surface area contributed by atoms with E-state index < -0.39 is 0 Å². The van der Waals surface area contributed by atoms with Crippen molar-refractivity contribution in [3.05, 3.63) is 34.3 Å². The molecule has 1 amide bonds. The van der Waals surface area contributed by atoms with Gasteiger partial charge in [-0.3, -0.25) is 4.79 Å². The summed E-state index contributed by atoms with van der Waals surface area (Å²) in [4.78, 5) is 11.8. The number of alkyl halides is 1. The number of carbonyl (C=O) groups excluding carboxylic acids is 1. The van der Waals surface area contributed by atoms with Gasteiger partial charge in [-0.15, -0.1) is 11.6 Å². The highest BCUT2D eigenvalue weighted by Gasteiger charge is 2.08. The Morgan fingerprint density at radius 1 is 1.50 bits per heavy atom. The second-order valence-electron chi connectivity index (χ2n) is 4.36.